The van der Waals surface area contributed by atoms with E-state index in [1.165, 1.54) is 49.6 Å². The van der Waals surface area contributed by atoms with Gasteiger partial charge in [-0.15, -0.1) is 0 Å². The number of nitrogens with one attached hydrogen (secondary N) is 8. The van der Waals surface area contributed by atoms with Gasteiger partial charge in [0.1, 0.15) is 58.0 Å². The molecule has 0 spiro atoms. The normalized spacial score (nSPS) is 18.1. The van der Waals surface area contributed by atoms with Crippen LogP contribution in [-0.2, 0) is 149 Å². The summed E-state index contributed by atoms with van der Waals surface area (Å²) in [5, 5.41) is 38.9. The molecule has 4 heterocycles. The van der Waals surface area contributed by atoms with E-state index < -0.39 is 173 Å². The van der Waals surface area contributed by atoms with Gasteiger partial charge in [-0.3, -0.25) is 62.3 Å². The van der Waals surface area contributed by atoms with Crippen molar-refractivity contribution < 1.29 is 148 Å². The van der Waals surface area contributed by atoms with E-state index in [-0.39, 0.29) is 112 Å². The summed E-state index contributed by atoms with van der Waals surface area (Å²) in [5.74, 6) is -9.01. The van der Waals surface area contributed by atoms with Crippen molar-refractivity contribution in [3.63, 3.8) is 0 Å². The molecule has 42 nitrogen and oxygen atoms in total. The van der Waals surface area contributed by atoms with Crippen LogP contribution in [0.15, 0.2) is 19.6 Å². The van der Waals surface area contributed by atoms with Crippen molar-refractivity contribution in [2.24, 2.45) is 10.3 Å². The van der Waals surface area contributed by atoms with Crippen molar-refractivity contribution in [1.82, 2.24) is 42.5 Å². The van der Waals surface area contributed by atoms with Gasteiger partial charge in [-0.25, -0.2) is 43.9 Å². The fourth-order valence-corrected chi connectivity index (χ4v) is 23.0. The fourth-order valence-electron chi connectivity index (χ4n) is 12.8. The van der Waals surface area contributed by atoms with Gasteiger partial charge in [-0.2, -0.15) is 0 Å². The van der Waals surface area contributed by atoms with Crippen LogP contribution in [0.5, 0.6) is 0 Å². The molecule has 0 aromatic carbocycles. The lowest BCUT2D eigenvalue weighted by atomic mass is 9.92. The highest BCUT2D eigenvalue weighted by atomic mass is 32.3. The van der Waals surface area contributed by atoms with Gasteiger partial charge in [0.25, 0.3) is 11.8 Å². The third kappa shape index (κ3) is 45.2. The summed E-state index contributed by atoms with van der Waals surface area (Å²) < 4.78 is 143. The fraction of sp³-hybridized carbons (Fsp3) is 0.776. The zero-order valence-electron chi connectivity index (χ0n) is 73.0. The summed E-state index contributed by atoms with van der Waals surface area (Å²) in [6.45, 7) is 8.71. The molecule has 0 fully saturated rings. The third-order valence-electron chi connectivity index (χ3n) is 19.1. The van der Waals surface area contributed by atoms with Crippen LogP contribution in [0.4, 0.5) is 0 Å². The molecule has 124 heavy (non-hydrogen) atoms. The first kappa shape index (κ1) is 115. The van der Waals surface area contributed by atoms with Crippen molar-refractivity contribution in [3.05, 3.63) is 19.6 Å². The number of carbonyl (C=O) groups is 13. The Bertz CT molecular complexity index is 3830. The number of carboxylic acids is 1. The Balaban J connectivity index is 0.000000886. The topological polar surface area (TPSA) is 619 Å². The second-order valence-corrected chi connectivity index (χ2v) is 41.1. The minimum Gasteiger partial charge on any atom is -0.481 e. The lowest BCUT2D eigenvalue weighted by Crippen LogP contribution is -2.55. The number of amides is 6. The van der Waals surface area contributed by atoms with Crippen LogP contribution in [-0.4, -0.2) is 255 Å². The van der Waals surface area contributed by atoms with Crippen LogP contribution in [0.2, 0.25) is 0 Å². The summed E-state index contributed by atoms with van der Waals surface area (Å²) in [4.78, 5) is 158. The second-order valence-electron chi connectivity index (χ2n) is 29.4. The SMILES string of the molecule is CCNC1CC(C)S(=O)(=O)C2=C1CC(S(N)(=O)=O)S2.CCNC1CC(C)S(=O)(=O)C2=C1CC(S(N)(=O)=O)S2.COCNC(=O)CC(CC(=O)NCOC)(OC(=O)CCCCCCCCC(=O)OC(=O)CCCCCCCCC(=O)O)C(=O)NCOC.COCNC(=O)CC(CC(=O)NCOC)(OC(=O)CCCCCCCCC(=O)OC(C)=O)C(=O)NCOC. The van der Waals surface area contributed by atoms with E-state index in [2.05, 4.69) is 47.3 Å². The monoisotopic (exact) mass is 1890 g/mol. The van der Waals surface area contributed by atoms with Gasteiger partial charge in [-0.05, 0) is 102 Å². The molecule has 48 heteroatoms. The van der Waals surface area contributed by atoms with Crippen molar-refractivity contribution >= 4 is 140 Å². The number of nitrogens with two attached hydrogens (primary N) is 2. The summed E-state index contributed by atoms with van der Waals surface area (Å²) in [6.07, 6.45) is 12.1. The Morgan fingerprint density at radius 3 is 0.903 bits per heavy atom. The number of ether oxygens (including phenoxy) is 10. The highest BCUT2D eigenvalue weighted by Crippen LogP contribution is 2.50. The zero-order chi connectivity index (χ0) is 93.7. The number of sulfonamides is 2. The van der Waals surface area contributed by atoms with Crippen molar-refractivity contribution in [3.8, 4) is 0 Å². The van der Waals surface area contributed by atoms with Gasteiger partial charge < -0.3 is 95.0 Å². The molecular weight excluding hydrogens is 1760 g/mol. The Morgan fingerprint density at radius 2 is 0.653 bits per heavy atom. The first-order valence-corrected chi connectivity index (χ1v) is 49.0. The molecule has 4 rings (SSSR count). The quantitative estimate of drug-likeness (QED) is 0.0137. The molecule has 0 aliphatic carbocycles. The van der Waals surface area contributed by atoms with E-state index in [0.717, 1.165) is 87.7 Å². The van der Waals surface area contributed by atoms with Crippen LogP contribution in [0.3, 0.4) is 0 Å². The number of hydrogen-bond acceptors (Lipinski definition) is 35. The van der Waals surface area contributed by atoms with Crippen LogP contribution in [0.25, 0.3) is 0 Å². The van der Waals surface area contributed by atoms with Crippen molar-refractivity contribution in [2.75, 3.05) is 96.1 Å². The molecular formula is C76H132N10O32S6. The smallest absolute Gasteiger partial charge is 0.313 e. The molecule has 13 N–H and O–H groups in total. The molecule has 0 bridgehead atoms. The molecule has 0 aromatic rings. The maximum absolute atomic E-state index is 13.1. The number of likely N-dealkylation sites (N-methyl/N-ethyl adjacent to an activating group) is 2. The summed E-state index contributed by atoms with van der Waals surface area (Å²) >= 11 is 1.76. The van der Waals surface area contributed by atoms with Gasteiger partial charge in [0.05, 0.1) is 36.2 Å². The van der Waals surface area contributed by atoms with E-state index in [0.29, 0.717) is 88.4 Å². The standard InChI is InChI=1S/C32H55N3O13.C24H41N3O11.2C10H18N2O4S3/c1-44-22-33-25(36)20-32(31(43)35-24-46-3,21-26(37)34-23-45-2)48-30(42)19-15-11-7-6-10-14-18-29(41)47-28(40)17-13-9-5-4-8-12-16-27(38)39;1-18(28)37-21(31)11-9-7-5-6-8-10-12-22(32)38-24(23(33)27-17-36-4,13-19(29)25-15-34-2)14-20(30)26-16-35-3;2*1-3-12-8-4-6(2)18(13,14)10-7(8)5-9(17-10)19(11,15)16/h4-24H2,1-3H3,(H,33,36)(H,34,37)(H,35,43)(H,38,39);5-17H2,1-4H3,(H,25,29)(H,26,30)(H,27,33);2*6,8-9,12H,3-5H2,1-2H3,(H2,11,15,16). The molecule has 0 radical (unpaired) electrons. The lowest BCUT2D eigenvalue weighted by molar-refractivity contribution is -0.174. The van der Waals surface area contributed by atoms with Crippen molar-refractivity contribution in [1.29, 1.82) is 0 Å². The molecule has 6 atom stereocenters. The lowest BCUT2D eigenvalue weighted by Gasteiger charge is -2.31. The van der Waals surface area contributed by atoms with Crippen LogP contribution < -0.4 is 52.8 Å². The first-order valence-electron chi connectivity index (χ1n) is 40.9. The summed E-state index contributed by atoms with van der Waals surface area (Å²) in [7, 11) is -6.17. The number of esters is 6. The Labute approximate surface area is 736 Å². The average Bonchev–Trinajstić information content (AvgIpc) is 1.63. The number of methoxy groups -OCH3 is 6. The van der Waals surface area contributed by atoms with Gasteiger partial charge >= 0.3 is 41.8 Å². The molecule has 0 saturated heterocycles. The maximum atomic E-state index is 13.1. The number of thioether (sulfide) groups is 2. The van der Waals surface area contributed by atoms with Gasteiger partial charge in [-0.1, -0.05) is 114 Å². The number of hydrogen-bond donors (Lipinski definition) is 11. The number of unbranched alkanes of at least 4 members (excludes halogenated alkanes) is 15. The minimum atomic E-state index is -3.74. The third-order valence-corrected chi connectivity index (χ3v) is 31.0. The molecule has 714 valence electrons. The Morgan fingerprint density at radius 1 is 0.403 bits per heavy atom. The predicted molar refractivity (Wildman–Crippen MR) is 456 cm³/mol. The van der Waals surface area contributed by atoms with Crippen LogP contribution >= 0.6 is 23.5 Å². The molecule has 6 amide bonds. The van der Waals surface area contributed by atoms with Crippen LogP contribution in [0, 0.1) is 0 Å². The number of aliphatic carboxylic acids is 1. The second kappa shape index (κ2) is 61.5. The number of sulfone groups is 2. The van der Waals surface area contributed by atoms with E-state index in [1.54, 1.807) is 13.8 Å². The van der Waals surface area contributed by atoms with E-state index >= 15 is 0 Å². The number of rotatable bonds is 57. The number of carbonyl (C=O) groups excluding carboxylic acids is 12. The van der Waals surface area contributed by atoms with Gasteiger partial charge in [0.2, 0.25) is 54.9 Å². The first-order chi connectivity index (χ1) is 58.4. The Kier molecular flexibility index (Phi) is 57.1. The zero-order valence-corrected chi connectivity index (χ0v) is 77.9. The molecule has 4 aliphatic rings. The predicted octanol–water partition coefficient (Wildman–Crippen LogP) is 3.29. The molecule has 0 saturated carbocycles. The molecule has 4 aliphatic heterocycles. The van der Waals surface area contributed by atoms with Crippen molar-refractivity contribution in [2.45, 2.75) is 283 Å². The van der Waals surface area contributed by atoms with E-state index in [9.17, 15) is 96.0 Å². The summed E-state index contributed by atoms with van der Waals surface area (Å²) in [6, 6.07) is -0.143. The van der Waals surface area contributed by atoms with Crippen LogP contribution in [0.1, 0.15) is 240 Å². The number of carboxylic acid groups (broad SMARTS) is 1. The minimum absolute atomic E-state index is 0.0381. The van der Waals surface area contributed by atoms with Gasteiger partial charge in [0, 0.05) is 100 Å². The molecule has 6 unspecified atom stereocenters. The molecule has 0 aromatic heterocycles. The summed E-state index contributed by atoms with van der Waals surface area (Å²) in [5.41, 5.74) is -2.90. The van der Waals surface area contributed by atoms with E-state index in [4.69, 9.17) is 58.0 Å². The highest BCUT2D eigenvalue weighted by molar-refractivity contribution is 8.25. The largest absolute Gasteiger partial charge is 0.481 e. The van der Waals surface area contributed by atoms with Gasteiger partial charge in [0.15, 0.2) is 19.7 Å². The average molecular weight is 1890 g/mol. The Hall–Kier alpha value is -6.91. The highest BCUT2D eigenvalue weighted by Gasteiger charge is 2.51. The number of primary sulfonamides is 2. The van der Waals surface area contributed by atoms with E-state index in [1.807, 2.05) is 13.8 Å². The maximum Gasteiger partial charge on any atom is 0.313 e.